The van der Waals surface area contributed by atoms with Crippen LogP contribution in [0.4, 0.5) is 0 Å². The van der Waals surface area contributed by atoms with Crippen molar-refractivity contribution < 1.29 is 27.8 Å². The molecule has 0 bridgehead atoms. The lowest BCUT2D eigenvalue weighted by molar-refractivity contribution is 0.0730. The number of hydrogen-bond donors (Lipinski definition) is 2. The Morgan fingerprint density at radius 3 is 2.74 bits per heavy atom. The van der Waals surface area contributed by atoms with Gasteiger partial charge < -0.3 is 14.6 Å². The highest BCUT2D eigenvalue weighted by Gasteiger charge is 2.26. The molecule has 0 atom stereocenters. The van der Waals surface area contributed by atoms with Crippen LogP contribution in [-0.2, 0) is 14.8 Å². The van der Waals surface area contributed by atoms with Crippen LogP contribution in [0, 0.1) is 0 Å². The van der Waals surface area contributed by atoms with Crippen LogP contribution < -0.4 is 10.2 Å². The van der Waals surface area contributed by atoms with Crippen molar-refractivity contribution in [3.05, 3.63) is 53.6 Å². The topological polar surface area (TPSA) is 118 Å². The molecule has 1 aliphatic rings. The van der Waals surface area contributed by atoms with Gasteiger partial charge in [-0.3, -0.25) is 4.79 Å². The van der Waals surface area contributed by atoms with E-state index in [0.717, 1.165) is 6.42 Å². The van der Waals surface area contributed by atoms with Gasteiger partial charge in [-0.15, -0.1) is 0 Å². The monoisotopic (exact) mass is 447 g/mol. The van der Waals surface area contributed by atoms with Crippen LogP contribution in [0.2, 0.25) is 0 Å². The molecule has 2 aromatic carbocycles. The maximum atomic E-state index is 12.8. The average Bonchev–Trinajstić information content (AvgIpc) is 2.79. The number of nitrogens with one attached hydrogen (secondary N) is 1. The van der Waals surface area contributed by atoms with E-state index in [4.69, 9.17) is 9.47 Å². The predicted octanol–water partition coefficient (Wildman–Crippen LogP) is 1.97. The number of aromatic hydroxyl groups is 1. The van der Waals surface area contributed by atoms with Crippen molar-refractivity contribution in [1.82, 2.24) is 9.73 Å². The smallest absolute Gasteiger partial charge is 0.271 e. The average molecular weight is 448 g/mol. The number of sulfonamides is 1. The van der Waals surface area contributed by atoms with E-state index in [0.29, 0.717) is 31.1 Å². The lowest BCUT2D eigenvalue weighted by Gasteiger charge is -2.26. The van der Waals surface area contributed by atoms with Crippen molar-refractivity contribution >= 4 is 22.1 Å². The number of morpholine rings is 1. The van der Waals surface area contributed by atoms with E-state index in [1.807, 2.05) is 6.92 Å². The minimum absolute atomic E-state index is 0.0337. The summed E-state index contributed by atoms with van der Waals surface area (Å²) in [6.45, 7) is 3.75. The van der Waals surface area contributed by atoms with Gasteiger partial charge in [-0.2, -0.15) is 9.41 Å². The molecular weight excluding hydrogens is 422 g/mol. The summed E-state index contributed by atoms with van der Waals surface area (Å²) in [5, 5.41) is 13.9. The molecule has 0 spiro atoms. The first-order valence-electron chi connectivity index (χ1n) is 9.89. The van der Waals surface area contributed by atoms with Crippen LogP contribution in [0.25, 0.3) is 0 Å². The molecule has 0 radical (unpaired) electrons. The lowest BCUT2D eigenvalue weighted by atomic mass is 10.2. The maximum absolute atomic E-state index is 12.8. The zero-order valence-corrected chi connectivity index (χ0v) is 18.0. The predicted molar refractivity (Wildman–Crippen MR) is 115 cm³/mol. The number of hydrogen-bond acceptors (Lipinski definition) is 7. The Morgan fingerprint density at radius 1 is 1.26 bits per heavy atom. The largest absolute Gasteiger partial charge is 0.507 e. The van der Waals surface area contributed by atoms with Crippen molar-refractivity contribution in [3.63, 3.8) is 0 Å². The van der Waals surface area contributed by atoms with Crippen molar-refractivity contribution in [1.29, 1.82) is 0 Å². The number of amides is 1. The van der Waals surface area contributed by atoms with E-state index < -0.39 is 15.9 Å². The Balaban J connectivity index is 1.66. The summed E-state index contributed by atoms with van der Waals surface area (Å²) in [6, 6.07) is 10.5. The van der Waals surface area contributed by atoms with E-state index in [1.54, 1.807) is 12.1 Å². The number of hydrazone groups is 1. The molecule has 0 aliphatic carbocycles. The molecule has 1 fully saturated rings. The minimum Gasteiger partial charge on any atom is -0.507 e. The number of carbonyl (C=O) groups is 1. The second kappa shape index (κ2) is 10.4. The lowest BCUT2D eigenvalue weighted by Crippen LogP contribution is -2.40. The van der Waals surface area contributed by atoms with E-state index in [-0.39, 0.29) is 29.3 Å². The second-order valence-electron chi connectivity index (χ2n) is 6.81. The zero-order chi connectivity index (χ0) is 22.3. The van der Waals surface area contributed by atoms with E-state index >= 15 is 0 Å². The number of phenolic OH excluding ortho intramolecular Hbond substituents is 1. The van der Waals surface area contributed by atoms with Crippen LogP contribution in [0.1, 0.15) is 29.3 Å². The minimum atomic E-state index is -3.71. The summed E-state index contributed by atoms with van der Waals surface area (Å²) in [6.07, 6.45) is 2.15. The molecule has 166 valence electrons. The molecule has 1 amide bonds. The Labute approximate surface area is 181 Å². The fourth-order valence-corrected chi connectivity index (χ4v) is 4.36. The molecular formula is C21H25N3O6S. The van der Waals surface area contributed by atoms with Gasteiger partial charge in [-0.1, -0.05) is 13.0 Å². The van der Waals surface area contributed by atoms with Gasteiger partial charge in [0.25, 0.3) is 5.91 Å². The molecule has 3 rings (SSSR count). The molecule has 1 aliphatic heterocycles. The molecule has 9 nitrogen and oxygen atoms in total. The van der Waals surface area contributed by atoms with E-state index in [2.05, 4.69) is 10.5 Å². The molecule has 0 saturated carbocycles. The normalized spacial score (nSPS) is 15.1. The number of benzene rings is 2. The van der Waals surface area contributed by atoms with Gasteiger partial charge >= 0.3 is 0 Å². The number of ether oxygens (including phenoxy) is 2. The van der Waals surface area contributed by atoms with Crippen LogP contribution in [0.5, 0.6) is 11.5 Å². The van der Waals surface area contributed by atoms with E-state index in [9.17, 15) is 18.3 Å². The maximum Gasteiger partial charge on any atom is 0.271 e. The number of carbonyl (C=O) groups excluding carboxylic acids is 1. The first kappa shape index (κ1) is 22.7. The van der Waals surface area contributed by atoms with Crippen LogP contribution >= 0.6 is 0 Å². The first-order chi connectivity index (χ1) is 14.9. The Hall–Kier alpha value is -2.95. The summed E-state index contributed by atoms with van der Waals surface area (Å²) >= 11 is 0. The van der Waals surface area contributed by atoms with Gasteiger partial charge in [0.05, 0.1) is 30.9 Å². The standard InChI is InChI=1S/C21H25N3O6S/c1-2-10-30-18-7-6-17(20(25)14-18)15-22-23-21(26)16-4-3-5-19(13-16)31(27,28)24-8-11-29-12-9-24/h3-7,13-15,25H,2,8-12H2,1H3,(H,23,26)/b22-15-. The summed E-state index contributed by atoms with van der Waals surface area (Å²) in [4.78, 5) is 12.4. The summed E-state index contributed by atoms with van der Waals surface area (Å²) < 4.78 is 37.5. The van der Waals surface area contributed by atoms with Crippen LogP contribution in [0.3, 0.4) is 0 Å². The van der Waals surface area contributed by atoms with Crippen LogP contribution in [0.15, 0.2) is 52.5 Å². The first-order valence-corrected chi connectivity index (χ1v) is 11.3. The summed E-state index contributed by atoms with van der Waals surface area (Å²) in [5.41, 5.74) is 2.89. The number of phenols is 1. The molecule has 1 saturated heterocycles. The third-order valence-corrected chi connectivity index (χ3v) is 6.44. The van der Waals surface area contributed by atoms with Gasteiger partial charge in [0.1, 0.15) is 11.5 Å². The highest BCUT2D eigenvalue weighted by molar-refractivity contribution is 7.89. The molecule has 1 heterocycles. The van der Waals surface area contributed by atoms with Gasteiger partial charge in [0.15, 0.2) is 0 Å². The van der Waals surface area contributed by atoms with Crippen molar-refractivity contribution in [3.8, 4) is 11.5 Å². The highest BCUT2D eigenvalue weighted by atomic mass is 32.2. The van der Waals surface area contributed by atoms with E-state index in [1.165, 1.54) is 40.9 Å². The molecule has 2 N–H and O–H groups in total. The SMILES string of the molecule is CCCOc1ccc(/C=N\NC(=O)c2cccc(S(=O)(=O)N3CCOCC3)c2)c(O)c1. The van der Waals surface area contributed by atoms with Gasteiger partial charge in [0, 0.05) is 30.3 Å². The zero-order valence-electron chi connectivity index (χ0n) is 17.2. The second-order valence-corrected chi connectivity index (χ2v) is 8.75. The van der Waals surface area contributed by atoms with Crippen molar-refractivity contribution in [2.24, 2.45) is 5.10 Å². The highest BCUT2D eigenvalue weighted by Crippen LogP contribution is 2.22. The molecule has 10 heteroatoms. The quantitative estimate of drug-likeness (QED) is 0.472. The Morgan fingerprint density at radius 2 is 2.03 bits per heavy atom. The van der Waals surface area contributed by atoms with Gasteiger partial charge in [-0.05, 0) is 36.8 Å². The van der Waals surface area contributed by atoms with Crippen LogP contribution in [-0.4, -0.2) is 62.9 Å². The fourth-order valence-electron chi connectivity index (χ4n) is 2.90. The van der Waals surface area contributed by atoms with Gasteiger partial charge in [0.2, 0.25) is 10.0 Å². The molecule has 2 aromatic rings. The van der Waals surface area contributed by atoms with Crippen molar-refractivity contribution in [2.45, 2.75) is 18.2 Å². The summed E-state index contributed by atoms with van der Waals surface area (Å²) in [5.74, 6) is -0.0679. The third kappa shape index (κ3) is 5.81. The Kier molecular flexibility index (Phi) is 7.61. The third-order valence-electron chi connectivity index (χ3n) is 4.55. The molecule has 0 aromatic heterocycles. The van der Waals surface area contributed by atoms with Crippen molar-refractivity contribution in [2.75, 3.05) is 32.9 Å². The fraction of sp³-hybridized carbons (Fsp3) is 0.333. The number of rotatable bonds is 8. The molecule has 31 heavy (non-hydrogen) atoms. The summed E-state index contributed by atoms with van der Waals surface area (Å²) in [7, 11) is -3.71. The van der Waals surface area contributed by atoms with Gasteiger partial charge in [-0.25, -0.2) is 13.8 Å². The Bertz CT molecular complexity index is 1050. The number of nitrogens with zero attached hydrogens (tertiary/aromatic N) is 2. The molecule has 0 unspecified atom stereocenters.